The summed E-state index contributed by atoms with van der Waals surface area (Å²) in [5.41, 5.74) is 2.70. The number of Topliss-reactive ketones (excluding diaryl/α,β-unsaturated/α-hetero) is 1. The van der Waals surface area contributed by atoms with Gasteiger partial charge in [0.1, 0.15) is 24.2 Å². The maximum Gasteiger partial charge on any atom is 0.170 e. The van der Waals surface area contributed by atoms with Gasteiger partial charge in [0.25, 0.3) is 0 Å². The van der Waals surface area contributed by atoms with E-state index < -0.39 is 0 Å². The van der Waals surface area contributed by atoms with Gasteiger partial charge in [0.2, 0.25) is 0 Å². The monoisotopic (exact) mass is 342 g/mol. The Hall–Kier alpha value is -2.26. The number of halogens is 1. The fraction of sp³-hybridized carbons (Fsp3) is 0.250. The highest BCUT2D eigenvalue weighted by molar-refractivity contribution is 6.30. The van der Waals surface area contributed by atoms with Gasteiger partial charge in [-0.3, -0.25) is 4.79 Å². The van der Waals surface area contributed by atoms with Crippen molar-refractivity contribution in [3.63, 3.8) is 0 Å². The Labute approximate surface area is 146 Å². The van der Waals surface area contributed by atoms with Crippen molar-refractivity contribution in [2.75, 3.05) is 6.61 Å². The van der Waals surface area contributed by atoms with Crippen molar-refractivity contribution in [1.29, 1.82) is 0 Å². The van der Waals surface area contributed by atoms with Crippen molar-refractivity contribution in [1.82, 2.24) is 0 Å². The third-order valence-electron chi connectivity index (χ3n) is 3.86. The van der Waals surface area contributed by atoms with Crippen molar-refractivity contribution in [3.8, 4) is 11.5 Å². The van der Waals surface area contributed by atoms with E-state index in [-0.39, 0.29) is 11.9 Å². The van der Waals surface area contributed by atoms with Gasteiger partial charge in [-0.25, -0.2) is 0 Å². The molecule has 0 bridgehead atoms. The van der Waals surface area contributed by atoms with E-state index in [1.54, 1.807) is 24.3 Å². The SMILES string of the molecule is CC(C)=CCOc1ccc2c(c1)OC(c1cccc(Cl)c1)CC2=O. The molecule has 3 nitrogen and oxygen atoms in total. The van der Waals surface area contributed by atoms with Crippen LogP contribution in [0.5, 0.6) is 11.5 Å². The molecule has 1 aliphatic rings. The van der Waals surface area contributed by atoms with Gasteiger partial charge in [-0.1, -0.05) is 29.3 Å². The highest BCUT2D eigenvalue weighted by atomic mass is 35.5. The fourth-order valence-electron chi connectivity index (χ4n) is 2.59. The summed E-state index contributed by atoms with van der Waals surface area (Å²) in [7, 11) is 0. The molecule has 0 saturated carbocycles. The molecule has 1 atom stereocenters. The van der Waals surface area contributed by atoms with Crippen LogP contribution in [0, 0.1) is 0 Å². The molecule has 24 heavy (non-hydrogen) atoms. The van der Waals surface area contributed by atoms with Crippen molar-refractivity contribution in [2.24, 2.45) is 0 Å². The van der Waals surface area contributed by atoms with E-state index in [1.807, 2.05) is 38.1 Å². The second-order valence-electron chi connectivity index (χ2n) is 6.04. The first-order valence-electron chi connectivity index (χ1n) is 7.88. The van der Waals surface area contributed by atoms with Crippen LogP contribution >= 0.6 is 11.6 Å². The third kappa shape index (κ3) is 3.80. The Morgan fingerprint density at radius 1 is 1.29 bits per heavy atom. The quantitative estimate of drug-likeness (QED) is 0.699. The van der Waals surface area contributed by atoms with Gasteiger partial charge >= 0.3 is 0 Å². The minimum atomic E-state index is -0.322. The highest BCUT2D eigenvalue weighted by Gasteiger charge is 2.28. The normalized spacial score (nSPS) is 16.1. The first-order chi connectivity index (χ1) is 11.5. The molecule has 0 amide bonds. The van der Waals surface area contributed by atoms with Gasteiger partial charge in [-0.2, -0.15) is 0 Å². The minimum Gasteiger partial charge on any atom is -0.489 e. The lowest BCUT2D eigenvalue weighted by atomic mass is 9.96. The molecule has 3 rings (SSSR count). The molecular weight excluding hydrogens is 324 g/mol. The van der Waals surface area contributed by atoms with Crippen molar-refractivity contribution >= 4 is 17.4 Å². The number of hydrogen-bond donors (Lipinski definition) is 0. The molecule has 1 heterocycles. The molecule has 0 spiro atoms. The zero-order valence-corrected chi connectivity index (χ0v) is 14.5. The predicted molar refractivity (Wildman–Crippen MR) is 95.1 cm³/mol. The first kappa shape index (κ1) is 16.6. The van der Waals surface area contributed by atoms with Gasteiger partial charge < -0.3 is 9.47 Å². The van der Waals surface area contributed by atoms with Crippen molar-refractivity contribution < 1.29 is 14.3 Å². The largest absolute Gasteiger partial charge is 0.489 e. The van der Waals surface area contributed by atoms with Crippen LogP contribution in [0.1, 0.15) is 42.3 Å². The molecule has 2 aromatic carbocycles. The summed E-state index contributed by atoms with van der Waals surface area (Å²) >= 11 is 6.04. The molecule has 0 aromatic heterocycles. The maximum atomic E-state index is 12.4. The molecule has 0 fully saturated rings. The molecule has 0 N–H and O–H groups in total. The second-order valence-corrected chi connectivity index (χ2v) is 6.48. The average Bonchev–Trinajstić information content (AvgIpc) is 2.54. The molecule has 0 aliphatic carbocycles. The third-order valence-corrected chi connectivity index (χ3v) is 4.09. The zero-order chi connectivity index (χ0) is 17.1. The Kier molecular flexibility index (Phi) is 4.91. The number of fused-ring (bicyclic) bond motifs is 1. The van der Waals surface area contributed by atoms with Crippen LogP contribution in [0.3, 0.4) is 0 Å². The van der Waals surface area contributed by atoms with Gasteiger partial charge in [0.05, 0.1) is 12.0 Å². The topological polar surface area (TPSA) is 35.5 Å². The molecule has 1 unspecified atom stereocenters. The van der Waals surface area contributed by atoms with Crippen molar-refractivity contribution in [2.45, 2.75) is 26.4 Å². The molecule has 0 saturated heterocycles. The molecule has 0 radical (unpaired) electrons. The Morgan fingerprint density at radius 3 is 2.88 bits per heavy atom. The molecule has 124 valence electrons. The number of benzene rings is 2. The van der Waals surface area contributed by atoms with E-state index in [0.717, 1.165) is 5.56 Å². The molecule has 4 heteroatoms. The standard InChI is InChI=1S/C20H19ClO3/c1-13(2)8-9-23-16-6-7-17-18(22)12-19(24-20(17)11-16)14-4-3-5-15(21)10-14/h3-8,10-11,19H,9,12H2,1-2H3. The number of carbonyl (C=O) groups is 1. The first-order valence-corrected chi connectivity index (χ1v) is 8.26. The van der Waals surface area contributed by atoms with Crippen LogP contribution in [0.25, 0.3) is 0 Å². The maximum absolute atomic E-state index is 12.4. The number of ether oxygens (including phenoxy) is 2. The summed E-state index contributed by atoms with van der Waals surface area (Å²) in [4.78, 5) is 12.4. The Morgan fingerprint density at radius 2 is 2.12 bits per heavy atom. The van der Waals surface area contributed by atoms with E-state index in [4.69, 9.17) is 21.1 Å². The van der Waals surface area contributed by atoms with Gasteiger partial charge in [-0.05, 0) is 49.8 Å². The number of rotatable bonds is 4. The van der Waals surface area contributed by atoms with Crippen LogP contribution < -0.4 is 9.47 Å². The van der Waals surface area contributed by atoms with Crippen LogP contribution in [0.15, 0.2) is 54.1 Å². The lowest BCUT2D eigenvalue weighted by Gasteiger charge is -2.26. The van der Waals surface area contributed by atoms with E-state index in [2.05, 4.69) is 0 Å². The van der Waals surface area contributed by atoms with Gasteiger partial charge in [-0.15, -0.1) is 0 Å². The van der Waals surface area contributed by atoms with Gasteiger partial charge in [0.15, 0.2) is 5.78 Å². The number of ketones is 1. The zero-order valence-electron chi connectivity index (χ0n) is 13.7. The predicted octanol–water partition coefficient (Wildman–Crippen LogP) is 5.39. The highest BCUT2D eigenvalue weighted by Crippen LogP contribution is 2.37. The lowest BCUT2D eigenvalue weighted by Crippen LogP contribution is -2.20. The van der Waals surface area contributed by atoms with E-state index in [0.29, 0.717) is 35.1 Å². The summed E-state index contributed by atoms with van der Waals surface area (Å²) in [6.07, 6.45) is 1.99. The van der Waals surface area contributed by atoms with E-state index in [9.17, 15) is 4.79 Å². The minimum absolute atomic E-state index is 0.0667. The Bertz CT molecular complexity index is 791. The fourth-order valence-corrected chi connectivity index (χ4v) is 2.79. The lowest BCUT2D eigenvalue weighted by molar-refractivity contribution is 0.0849. The summed E-state index contributed by atoms with van der Waals surface area (Å²) in [5.74, 6) is 1.31. The number of carbonyl (C=O) groups excluding carboxylic acids is 1. The van der Waals surface area contributed by atoms with Crippen LogP contribution in [-0.4, -0.2) is 12.4 Å². The summed E-state index contributed by atoms with van der Waals surface area (Å²) in [6.45, 7) is 4.54. The molecule has 2 aromatic rings. The molecule has 1 aliphatic heterocycles. The summed E-state index contributed by atoms with van der Waals surface area (Å²) in [6, 6.07) is 12.8. The second kappa shape index (κ2) is 7.10. The summed E-state index contributed by atoms with van der Waals surface area (Å²) < 4.78 is 11.7. The smallest absolute Gasteiger partial charge is 0.170 e. The Balaban J connectivity index is 1.82. The van der Waals surface area contributed by atoms with E-state index >= 15 is 0 Å². The van der Waals surface area contributed by atoms with Crippen molar-refractivity contribution in [3.05, 3.63) is 70.3 Å². The number of hydrogen-bond acceptors (Lipinski definition) is 3. The number of allylic oxidation sites excluding steroid dienone is 1. The van der Waals surface area contributed by atoms with Crippen LogP contribution in [0.2, 0.25) is 5.02 Å². The molecular formula is C20H19ClO3. The average molecular weight is 343 g/mol. The summed E-state index contributed by atoms with van der Waals surface area (Å²) in [5, 5.41) is 0.633. The van der Waals surface area contributed by atoms with E-state index in [1.165, 1.54) is 5.57 Å². The van der Waals surface area contributed by atoms with Gasteiger partial charge in [0, 0.05) is 11.1 Å². The van der Waals surface area contributed by atoms with Crippen LogP contribution in [0.4, 0.5) is 0 Å². The van der Waals surface area contributed by atoms with Crippen LogP contribution in [-0.2, 0) is 0 Å².